The number of rotatable bonds is 5. The number of nitrogens with one attached hydrogen (secondary N) is 1. The van der Waals surface area contributed by atoms with E-state index in [-0.39, 0.29) is 0 Å². The molecule has 1 nitrogen and oxygen atoms in total. The maximum Gasteiger partial charge on any atom is 0.129 e. The monoisotopic (exact) mass is 267 g/mol. The average Bonchev–Trinajstić information content (AvgIpc) is 2.40. The molecule has 0 aromatic heterocycles. The second-order valence-corrected chi connectivity index (χ2v) is 5.62. The average molecular weight is 267 g/mol. The Balaban J connectivity index is 1.91. The standard InChI is InChI=1S/C16H23F2N/c1-2-8-19-15-5-3-4-12(10-15)9-13-6-7-14(17)11-16(13)18/h6-7,11-12,15,19H,2-5,8-10H2,1H3. The maximum absolute atomic E-state index is 13.6. The van der Waals surface area contributed by atoms with E-state index < -0.39 is 11.6 Å². The SMILES string of the molecule is CCCNC1CCCC(Cc2ccc(F)cc2F)C1. The minimum absolute atomic E-state index is 0.399. The number of benzene rings is 1. The zero-order valence-electron chi connectivity index (χ0n) is 11.6. The first-order valence-electron chi connectivity index (χ1n) is 7.36. The lowest BCUT2D eigenvalue weighted by molar-refractivity contribution is 0.282. The smallest absolute Gasteiger partial charge is 0.129 e. The van der Waals surface area contributed by atoms with Crippen LogP contribution in [-0.2, 0) is 6.42 Å². The fraction of sp³-hybridized carbons (Fsp3) is 0.625. The van der Waals surface area contributed by atoms with Gasteiger partial charge in [0.15, 0.2) is 0 Å². The van der Waals surface area contributed by atoms with E-state index >= 15 is 0 Å². The summed E-state index contributed by atoms with van der Waals surface area (Å²) in [6.07, 6.45) is 6.57. The molecule has 0 radical (unpaired) electrons. The quantitative estimate of drug-likeness (QED) is 0.848. The minimum atomic E-state index is -0.493. The van der Waals surface area contributed by atoms with Crippen molar-refractivity contribution in [2.75, 3.05) is 6.54 Å². The van der Waals surface area contributed by atoms with Gasteiger partial charge >= 0.3 is 0 Å². The van der Waals surface area contributed by atoms with Crippen molar-refractivity contribution in [1.82, 2.24) is 5.32 Å². The van der Waals surface area contributed by atoms with E-state index in [2.05, 4.69) is 12.2 Å². The van der Waals surface area contributed by atoms with Crippen LogP contribution >= 0.6 is 0 Å². The van der Waals surface area contributed by atoms with Gasteiger partial charge in [0.25, 0.3) is 0 Å². The van der Waals surface area contributed by atoms with Gasteiger partial charge in [0.05, 0.1) is 0 Å². The predicted octanol–water partition coefficient (Wildman–Crippen LogP) is 4.07. The van der Waals surface area contributed by atoms with E-state index in [9.17, 15) is 8.78 Å². The molecule has 1 aliphatic rings. The summed E-state index contributed by atoms with van der Waals surface area (Å²) in [5.41, 5.74) is 0.655. The first-order valence-corrected chi connectivity index (χ1v) is 7.36. The van der Waals surface area contributed by atoms with Crippen molar-refractivity contribution in [3.8, 4) is 0 Å². The molecule has 0 aliphatic heterocycles. The van der Waals surface area contributed by atoms with Crippen molar-refractivity contribution in [3.05, 3.63) is 35.4 Å². The molecule has 0 spiro atoms. The number of hydrogen-bond donors (Lipinski definition) is 1. The van der Waals surface area contributed by atoms with Crippen LogP contribution in [0.25, 0.3) is 0 Å². The molecular weight excluding hydrogens is 244 g/mol. The highest BCUT2D eigenvalue weighted by Gasteiger charge is 2.22. The van der Waals surface area contributed by atoms with Gasteiger partial charge in [0, 0.05) is 12.1 Å². The van der Waals surface area contributed by atoms with Gasteiger partial charge in [-0.3, -0.25) is 0 Å². The van der Waals surface area contributed by atoms with Crippen LogP contribution in [0.15, 0.2) is 18.2 Å². The third-order valence-corrected chi connectivity index (χ3v) is 3.99. The van der Waals surface area contributed by atoms with Gasteiger partial charge < -0.3 is 5.32 Å². The Labute approximate surface area is 114 Å². The molecule has 2 rings (SSSR count). The van der Waals surface area contributed by atoms with Gasteiger partial charge in [-0.1, -0.05) is 25.8 Å². The zero-order chi connectivity index (χ0) is 13.7. The topological polar surface area (TPSA) is 12.0 Å². The Bertz CT molecular complexity index is 406. The Kier molecular flexibility index (Phi) is 5.32. The molecule has 1 aromatic carbocycles. The number of hydrogen-bond acceptors (Lipinski definition) is 1. The third kappa shape index (κ3) is 4.27. The maximum atomic E-state index is 13.6. The van der Waals surface area contributed by atoms with Crippen LogP contribution in [0.3, 0.4) is 0 Å². The van der Waals surface area contributed by atoms with E-state index in [1.807, 2.05) is 0 Å². The highest BCUT2D eigenvalue weighted by atomic mass is 19.1. The van der Waals surface area contributed by atoms with Gasteiger partial charge in [-0.2, -0.15) is 0 Å². The highest BCUT2D eigenvalue weighted by molar-refractivity contribution is 5.19. The van der Waals surface area contributed by atoms with E-state index in [1.165, 1.54) is 18.9 Å². The molecule has 19 heavy (non-hydrogen) atoms. The summed E-state index contributed by atoms with van der Waals surface area (Å²) >= 11 is 0. The summed E-state index contributed by atoms with van der Waals surface area (Å²) in [6, 6.07) is 4.51. The second-order valence-electron chi connectivity index (χ2n) is 5.62. The molecule has 1 aliphatic carbocycles. The van der Waals surface area contributed by atoms with Crippen molar-refractivity contribution in [2.45, 2.75) is 51.5 Å². The van der Waals surface area contributed by atoms with Gasteiger partial charge in [-0.15, -0.1) is 0 Å². The Morgan fingerprint density at radius 3 is 2.84 bits per heavy atom. The summed E-state index contributed by atoms with van der Waals surface area (Å²) in [7, 11) is 0. The predicted molar refractivity (Wildman–Crippen MR) is 74.1 cm³/mol. The van der Waals surface area contributed by atoms with Crippen molar-refractivity contribution in [1.29, 1.82) is 0 Å². The lowest BCUT2D eigenvalue weighted by atomic mass is 9.82. The second kappa shape index (κ2) is 6.99. The summed E-state index contributed by atoms with van der Waals surface area (Å²) in [5, 5.41) is 3.56. The third-order valence-electron chi connectivity index (χ3n) is 3.99. The molecule has 106 valence electrons. The first kappa shape index (κ1) is 14.4. The molecule has 0 saturated heterocycles. The molecule has 1 aromatic rings. The van der Waals surface area contributed by atoms with E-state index in [0.29, 0.717) is 17.5 Å². The van der Waals surface area contributed by atoms with Crippen molar-refractivity contribution in [3.63, 3.8) is 0 Å². The molecule has 1 N–H and O–H groups in total. The van der Waals surface area contributed by atoms with Crippen LogP contribution < -0.4 is 5.32 Å². The molecule has 1 fully saturated rings. The largest absolute Gasteiger partial charge is 0.314 e. The molecule has 3 heteroatoms. The molecule has 2 atom stereocenters. The van der Waals surface area contributed by atoms with Crippen LogP contribution in [0.1, 0.15) is 44.6 Å². The highest BCUT2D eigenvalue weighted by Crippen LogP contribution is 2.28. The van der Waals surface area contributed by atoms with Crippen LogP contribution in [0.2, 0.25) is 0 Å². The summed E-state index contributed by atoms with van der Waals surface area (Å²) in [5.74, 6) is -0.376. The Morgan fingerprint density at radius 2 is 2.11 bits per heavy atom. The first-order chi connectivity index (χ1) is 9.19. The fourth-order valence-corrected chi connectivity index (χ4v) is 3.01. The summed E-state index contributed by atoms with van der Waals surface area (Å²) < 4.78 is 26.5. The molecule has 2 unspecified atom stereocenters. The zero-order valence-corrected chi connectivity index (χ0v) is 11.6. The van der Waals surface area contributed by atoms with Crippen molar-refractivity contribution in [2.24, 2.45) is 5.92 Å². The van der Waals surface area contributed by atoms with Gasteiger partial charge in [-0.05, 0) is 49.8 Å². The van der Waals surface area contributed by atoms with Gasteiger partial charge in [-0.25, -0.2) is 8.78 Å². The van der Waals surface area contributed by atoms with E-state index in [4.69, 9.17) is 0 Å². The van der Waals surface area contributed by atoms with Crippen molar-refractivity contribution >= 4 is 0 Å². The lowest BCUT2D eigenvalue weighted by Gasteiger charge is -2.30. The minimum Gasteiger partial charge on any atom is -0.314 e. The van der Waals surface area contributed by atoms with Gasteiger partial charge in [0.2, 0.25) is 0 Å². The lowest BCUT2D eigenvalue weighted by Crippen LogP contribution is -2.35. The van der Waals surface area contributed by atoms with E-state index in [0.717, 1.165) is 38.3 Å². The summed E-state index contributed by atoms with van der Waals surface area (Å²) in [6.45, 7) is 3.23. The van der Waals surface area contributed by atoms with Crippen molar-refractivity contribution < 1.29 is 8.78 Å². The van der Waals surface area contributed by atoms with Crippen LogP contribution in [0, 0.1) is 17.6 Å². The molecule has 0 amide bonds. The number of halogens is 2. The summed E-state index contributed by atoms with van der Waals surface area (Å²) in [4.78, 5) is 0. The van der Waals surface area contributed by atoms with E-state index in [1.54, 1.807) is 6.07 Å². The normalized spacial score (nSPS) is 23.5. The molecule has 1 saturated carbocycles. The Hall–Kier alpha value is -0.960. The van der Waals surface area contributed by atoms with Crippen LogP contribution in [0.4, 0.5) is 8.78 Å². The van der Waals surface area contributed by atoms with Crippen LogP contribution in [-0.4, -0.2) is 12.6 Å². The molecule has 0 bridgehead atoms. The van der Waals surface area contributed by atoms with Gasteiger partial charge in [0.1, 0.15) is 11.6 Å². The molecule has 0 heterocycles. The Morgan fingerprint density at radius 1 is 1.26 bits per heavy atom. The van der Waals surface area contributed by atoms with Crippen LogP contribution in [0.5, 0.6) is 0 Å². The molecular formula is C16H23F2N. The fourth-order valence-electron chi connectivity index (χ4n) is 3.01.